The number of ether oxygens (including phenoxy) is 1. The predicted molar refractivity (Wildman–Crippen MR) is 107 cm³/mol. The van der Waals surface area contributed by atoms with Gasteiger partial charge in [0.25, 0.3) is 0 Å². The molecule has 2 heterocycles. The minimum atomic E-state index is -3.46. The molecule has 1 fully saturated rings. The summed E-state index contributed by atoms with van der Waals surface area (Å²) in [6.07, 6.45) is 2.24. The van der Waals surface area contributed by atoms with Crippen molar-refractivity contribution in [3.63, 3.8) is 0 Å². The summed E-state index contributed by atoms with van der Waals surface area (Å²) in [6, 6.07) is 14.0. The van der Waals surface area contributed by atoms with E-state index in [2.05, 4.69) is 30.0 Å². The number of rotatable bonds is 4. The van der Waals surface area contributed by atoms with Crippen LogP contribution in [0.5, 0.6) is 0 Å². The van der Waals surface area contributed by atoms with E-state index in [1.165, 1.54) is 21.1 Å². The molecule has 6 heteroatoms. The van der Waals surface area contributed by atoms with Gasteiger partial charge in [-0.3, -0.25) is 0 Å². The highest BCUT2D eigenvalue weighted by Gasteiger charge is 2.26. The van der Waals surface area contributed by atoms with Gasteiger partial charge in [0.1, 0.15) is 0 Å². The normalized spacial score (nSPS) is 18.3. The van der Waals surface area contributed by atoms with Gasteiger partial charge in [0.15, 0.2) is 0 Å². The Kier molecular flexibility index (Phi) is 5.21. The highest BCUT2D eigenvalue weighted by atomic mass is 32.2. The Morgan fingerprint density at radius 2 is 1.85 bits per heavy atom. The van der Waals surface area contributed by atoms with Crippen molar-refractivity contribution in [2.45, 2.75) is 31.2 Å². The van der Waals surface area contributed by atoms with E-state index in [1.807, 2.05) is 18.2 Å². The fourth-order valence-corrected chi connectivity index (χ4v) is 5.41. The molecule has 0 aromatic heterocycles. The van der Waals surface area contributed by atoms with E-state index >= 15 is 0 Å². The van der Waals surface area contributed by atoms with Crippen molar-refractivity contribution in [3.8, 4) is 0 Å². The maximum absolute atomic E-state index is 12.9. The van der Waals surface area contributed by atoms with E-state index in [0.29, 0.717) is 31.2 Å². The summed E-state index contributed by atoms with van der Waals surface area (Å²) in [5.74, 6) is 0. The van der Waals surface area contributed by atoms with Crippen LogP contribution in [0.3, 0.4) is 0 Å². The summed E-state index contributed by atoms with van der Waals surface area (Å²) in [4.78, 5) is 2.74. The SMILES string of the molecule is Cc1ccc2c(c1)CCCN2Cc1cccc(S(=O)(=O)N2CCOCC2)c1. The van der Waals surface area contributed by atoms with Crippen molar-refractivity contribution < 1.29 is 13.2 Å². The van der Waals surface area contributed by atoms with Crippen LogP contribution in [0.15, 0.2) is 47.4 Å². The quantitative estimate of drug-likeness (QED) is 0.811. The molecule has 0 saturated carbocycles. The molecule has 0 unspecified atom stereocenters. The number of benzene rings is 2. The van der Waals surface area contributed by atoms with E-state index in [9.17, 15) is 8.42 Å². The average molecular weight is 387 g/mol. The molecule has 5 nitrogen and oxygen atoms in total. The number of hydrogen-bond donors (Lipinski definition) is 0. The molecule has 0 bridgehead atoms. The number of sulfonamides is 1. The van der Waals surface area contributed by atoms with Gasteiger partial charge >= 0.3 is 0 Å². The molecule has 2 aliphatic rings. The molecule has 27 heavy (non-hydrogen) atoms. The largest absolute Gasteiger partial charge is 0.379 e. The zero-order valence-electron chi connectivity index (χ0n) is 15.7. The van der Waals surface area contributed by atoms with E-state index in [4.69, 9.17) is 4.74 Å². The Labute approximate surface area is 161 Å². The monoisotopic (exact) mass is 386 g/mol. The molecular weight excluding hydrogens is 360 g/mol. The van der Waals surface area contributed by atoms with Crippen molar-refractivity contribution in [1.29, 1.82) is 0 Å². The summed E-state index contributed by atoms with van der Waals surface area (Å²) in [5, 5.41) is 0. The molecule has 4 rings (SSSR count). The molecule has 0 aliphatic carbocycles. The average Bonchev–Trinajstić information content (AvgIpc) is 2.69. The molecule has 0 N–H and O–H groups in total. The summed E-state index contributed by atoms with van der Waals surface area (Å²) in [6.45, 7) is 5.61. The first kappa shape index (κ1) is 18.5. The molecule has 144 valence electrons. The van der Waals surface area contributed by atoms with Gasteiger partial charge in [0.05, 0.1) is 18.1 Å². The van der Waals surface area contributed by atoms with Crippen molar-refractivity contribution in [2.24, 2.45) is 0 Å². The number of nitrogens with zero attached hydrogens (tertiary/aromatic N) is 2. The number of hydrogen-bond acceptors (Lipinski definition) is 4. The number of morpholine rings is 1. The van der Waals surface area contributed by atoms with Crippen LogP contribution in [0.25, 0.3) is 0 Å². The minimum Gasteiger partial charge on any atom is -0.379 e. The maximum atomic E-state index is 12.9. The Bertz CT molecular complexity index is 921. The molecule has 2 aromatic rings. The Morgan fingerprint density at radius 1 is 1.04 bits per heavy atom. The van der Waals surface area contributed by atoms with Gasteiger partial charge in [0.2, 0.25) is 10.0 Å². The molecule has 2 aromatic carbocycles. The molecule has 2 aliphatic heterocycles. The predicted octanol–water partition coefficient (Wildman–Crippen LogP) is 2.97. The van der Waals surface area contributed by atoms with Crippen LogP contribution in [0.2, 0.25) is 0 Å². The lowest BCUT2D eigenvalue weighted by Gasteiger charge is -2.32. The van der Waals surface area contributed by atoms with Crippen molar-refractivity contribution >= 4 is 15.7 Å². The Morgan fingerprint density at radius 3 is 2.67 bits per heavy atom. The first-order valence-corrected chi connectivity index (χ1v) is 11.0. The summed E-state index contributed by atoms with van der Waals surface area (Å²) in [5.41, 5.74) is 4.97. The minimum absolute atomic E-state index is 0.378. The second-order valence-electron chi connectivity index (χ2n) is 7.32. The van der Waals surface area contributed by atoms with Crippen LogP contribution >= 0.6 is 0 Å². The van der Waals surface area contributed by atoms with Gasteiger partial charge in [-0.1, -0.05) is 29.8 Å². The van der Waals surface area contributed by atoms with Gasteiger partial charge in [-0.2, -0.15) is 4.31 Å². The first-order chi connectivity index (χ1) is 13.0. The van der Waals surface area contributed by atoms with E-state index in [-0.39, 0.29) is 0 Å². The Balaban J connectivity index is 1.57. The van der Waals surface area contributed by atoms with Crippen molar-refractivity contribution in [1.82, 2.24) is 4.31 Å². The first-order valence-electron chi connectivity index (χ1n) is 9.55. The zero-order chi connectivity index (χ0) is 18.9. The molecule has 0 spiro atoms. The third-order valence-corrected chi connectivity index (χ3v) is 7.22. The van der Waals surface area contributed by atoms with Crippen LogP contribution in [0.1, 0.15) is 23.1 Å². The molecule has 0 atom stereocenters. The summed E-state index contributed by atoms with van der Waals surface area (Å²) in [7, 11) is -3.46. The van der Waals surface area contributed by atoms with Crippen LogP contribution < -0.4 is 4.90 Å². The highest BCUT2D eigenvalue weighted by Crippen LogP contribution is 2.29. The van der Waals surface area contributed by atoms with Crippen LogP contribution in [-0.2, 0) is 27.7 Å². The van der Waals surface area contributed by atoms with E-state index in [0.717, 1.165) is 31.5 Å². The standard InChI is InChI=1S/C21H26N2O3S/c1-17-7-8-21-19(14-17)5-3-9-22(21)16-18-4-2-6-20(15-18)27(24,25)23-10-12-26-13-11-23/h2,4,6-8,14-15H,3,5,9-13,16H2,1H3. The van der Waals surface area contributed by atoms with Gasteiger partial charge in [-0.25, -0.2) is 8.42 Å². The lowest BCUT2D eigenvalue weighted by Crippen LogP contribution is -2.40. The lowest BCUT2D eigenvalue weighted by atomic mass is 9.99. The summed E-state index contributed by atoms with van der Waals surface area (Å²) < 4.78 is 32.7. The van der Waals surface area contributed by atoms with E-state index < -0.39 is 10.0 Å². The number of aryl methyl sites for hydroxylation is 2. The maximum Gasteiger partial charge on any atom is 0.243 e. The van der Waals surface area contributed by atoms with Gasteiger partial charge in [0, 0.05) is 31.9 Å². The highest BCUT2D eigenvalue weighted by molar-refractivity contribution is 7.89. The molecular formula is C21H26N2O3S. The fourth-order valence-electron chi connectivity index (χ4n) is 3.93. The van der Waals surface area contributed by atoms with E-state index in [1.54, 1.807) is 6.07 Å². The third kappa shape index (κ3) is 3.88. The van der Waals surface area contributed by atoms with Gasteiger partial charge in [-0.15, -0.1) is 0 Å². The zero-order valence-corrected chi connectivity index (χ0v) is 16.5. The van der Waals surface area contributed by atoms with Crippen molar-refractivity contribution in [2.75, 3.05) is 37.7 Å². The number of anilines is 1. The third-order valence-electron chi connectivity index (χ3n) is 5.33. The summed E-state index contributed by atoms with van der Waals surface area (Å²) >= 11 is 0. The van der Waals surface area contributed by atoms with Crippen molar-refractivity contribution in [3.05, 3.63) is 59.2 Å². The van der Waals surface area contributed by atoms with Crippen LogP contribution in [0, 0.1) is 6.92 Å². The molecule has 0 amide bonds. The molecule has 1 saturated heterocycles. The van der Waals surface area contributed by atoms with Crippen LogP contribution in [-0.4, -0.2) is 45.6 Å². The second kappa shape index (κ2) is 7.62. The Hall–Kier alpha value is -1.89. The topological polar surface area (TPSA) is 49.9 Å². The lowest BCUT2D eigenvalue weighted by molar-refractivity contribution is 0.0730. The second-order valence-corrected chi connectivity index (χ2v) is 9.26. The smallest absolute Gasteiger partial charge is 0.243 e. The van der Waals surface area contributed by atoms with Gasteiger partial charge < -0.3 is 9.64 Å². The van der Waals surface area contributed by atoms with Crippen LogP contribution in [0.4, 0.5) is 5.69 Å². The molecule has 0 radical (unpaired) electrons. The van der Waals surface area contributed by atoms with Gasteiger partial charge in [-0.05, 0) is 49.1 Å². The number of fused-ring (bicyclic) bond motifs is 1. The fraction of sp³-hybridized carbons (Fsp3) is 0.429.